The lowest BCUT2D eigenvalue weighted by atomic mass is 10.2. The zero-order chi connectivity index (χ0) is 20.2. The van der Waals surface area contributed by atoms with Crippen LogP contribution in [-0.2, 0) is 16.1 Å². The number of halogens is 1. The number of rotatable bonds is 7. The first kappa shape index (κ1) is 20.0. The average molecular weight is 433 g/mol. The summed E-state index contributed by atoms with van der Waals surface area (Å²) in [6, 6.07) is 9.10. The molecule has 7 nitrogen and oxygen atoms in total. The fourth-order valence-corrected chi connectivity index (χ4v) is 4.12. The van der Waals surface area contributed by atoms with Crippen molar-refractivity contribution in [3.8, 4) is 11.6 Å². The second kappa shape index (κ2) is 9.02. The summed E-state index contributed by atoms with van der Waals surface area (Å²) in [4.78, 5) is 12.5. The largest absolute Gasteiger partial charge is 0.461 e. The molecule has 2 aromatic heterocycles. The number of ether oxygens (including phenoxy) is 1. The van der Waals surface area contributed by atoms with E-state index in [9.17, 15) is 4.79 Å². The Bertz CT molecular complexity index is 984. The number of nitrogens with one attached hydrogen (secondary N) is 1. The number of nitrogens with zero attached hydrogens (tertiary/aromatic N) is 3. The summed E-state index contributed by atoms with van der Waals surface area (Å²) in [6.45, 7) is 3.27. The molecule has 1 amide bonds. The molecule has 0 spiro atoms. The molecule has 0 bridgehead atoms. The van der Waals surface area contributed by atoms with Crippen molar-refractivity contribution in [1.29, 1.82) is 0 Å². The quantitative estimate of drug-likeness (QED) is 0.557. The van der Waals surface area contributed by atoms with Crippen LogP contribution in [0.15, 0.2) is 46.2 Å². The number of carbonyl (C=O) groups excluding carboxylic acids is 1. The molecule has 9 heteroatoms. The molecule has 3 aromatic rings. The molecule has 3 heterocycles. The number of benzene rings is 1. The molecule has 1 atom stereocenters. The van der Waals surface area contributed by atoms with E-state index in [4.69, 9.17) is 20.8 Å². The third-order valence-corrected chi connectivity index (χ3v) is 6.12. The molecule has 4 rings (SSSR count). The van der Waals surface area contributed by atoms with Gasteiger partial charge in [-0.3, -0.25) is 9.36 Å². The second-order valence-corrected chi connectivity index (χ2v) is 8.13. The van der Waals surface area contributed by atoms with E-state index in [2.05, 4.69) is 15.5 Å². The van der Waals surface area contributed by atoms with Crippen molar-refractivity contribution in [2.24, 2.45) is 0 Å². The van der Waals surface area contributed by atoms with Crippen LogP contribution in [0.1, 0.15) is 18.4 Å². The van der Waals surface area contributed by atoms with E-state index in [1.165, 1.54) is 11.8 Å². The van der Waals surface area contributed by atoms with Gasteiger partial charge in [-0.15, -0.1) is 10.2 Å². The average Bonchev–Trinajstić information content (AvgIpc) is 3.46. The molecule has 1 aliphatic rings. The standard InChI is InChI=1S/C20H21ClN4O3S/c1-13-15(21)6-2-7-16(13)22-18(26)12-29-20-24-23-19(17-8-4-10-28-17)25(20)11-14-5-3-9-27-14/h2,4,6-8,10,14H,3,5,9,11-12H2,1H3,(H,22,26). The third kappa shape index (κ3) is 4.66. The molecule has 29 heavy (non-hydrogen) atoms. The number of carbonyl (C=O) groups is 1. The van der Waals surface area contributed by atoms with Gasteiger partial charge >= 0.3 is 0 Å². The lowest BCUT2D eigenvalue weighted by molar-refractivity contribution is -0.113. The predicted molar refractivity (Wildman–Crippen MR) is 112 cm³/mol. The predicted octanol–water partition coefficient (Wildman–Crippen LogP) is 4.41. The molecule has 1 unspecified atom stereocenters. The van der Waals surface area contributed by atoms with Gasteiger partial charge in [-0.25, -0.2) is 0 Å². The zero-order valence-corrected chi connectivity index (χ0v) is 17.5. The molecule has 0 saturated carbocycles. The Morgan fingerprint density at radius 3 is 3.00 bits per heavy atom. The number of furan rings is 1. The number of hydrogen-bond acceptors (Lipinski definition) is 6. The number of aromatic nitrogens is 3. The Labute approximate surface area is 177 Å². The van der Waals surface area contributed by atoms with Gasteiger partial charge in [0.1, 0.15) is 0 Å². The maximum absolute atomic E-state index is 12.5. The van der Waals surface area contributed by atoms with E-state index < -0.39 is 0 Å². The van der Waals surface area contributed by atoms with Gasteiger partial charge in [0.25, 0.3) is 0 Å². The fourth-order valence-electron chi connectivity index (χ4n) is 3.20. The van der Waals surface area contributed by atoms with Crippen molar-refractivity contribution in [2.75, 3.05) is 17.7 Å². The highest BCUT2D eigenvalue weighted by molar-refractivity contribution is 7.99. The minimum atomic E-state index is -0.133. The third-order valence-electron chi connectivity index (χ3n) is 4.74. The van der Waals surface area contributed by atoms with Crippen molar-refractivity contribution < 1.29 is 13.9 Å². The second-order valence-electron chi connectivity index (χ2n) is 6.78. The summed E-state index contributed by atoms with van der Waals surface area (Å²) in [5.41, 5.74) is 1.55. The highest BCUT2D eigenvalue weighted by Gasteiger charge is 2.23. The first-order valence-electron chi connectivity index (χ1n) is 9.38. The van der Waals surface area contributed by atoms with Crippen molar-refractivity contribution in [1.82, 2.24) is 14.8 Å². The number of thioether (sulfide) groups is 1. The molecule has 1 aliphatic heterocycles. The van der Waals surface area contributed by atoms with Crippen molar-refractivity contribution >= 4 is 35.0 Å². The Morgan fingerprint density at radius 1 is 1.34 bits per heavy atom. The summed E-state index contributed by atoms with van der Waals surface area (Å²) in [6.07, 6.45) is 3.76. The van der Waals surface area contributed by atoms with Crippen LogP contribution in [0.2, 0.25) is 5.02 Å². The van der Waals surface area contributed by atoms with Crippen molar-refractivity contribution in [3.63, 3.8) is 0 Å². The molecule has 0 radical (unpaired) electrons. The number of hydrogen-bond donors (Lipinski definition) is 1. The van der Waals surface area contributed by atoms with Crippen molar-refractivity contribution in [2.45, 2.75) is 37.6 Å². The summed E-state index contributed by atoms with van der Waals surface area (Å²) >= 11 is 7.46. The zero-order valence-electron chi connectivity index (χ0n) is 15.9. The maximum Gasteiger partial charge on any atom is 0.234 e. The Balaban J connectivity index is 1.47. The van der Waals surface area contributed by atoms with Crippen LogP contribution in [0.4, 0.5) is 5.69 Å². The molecule has 1 saturated heterocycles. The highest BCUT2D eigenvalue weighted by Crippen LogP contribution is 2.27. The summed E-state index contributed by atoms with van der Waals surface area (Å²) in [7, 11) is 0. The van der Waals surface area contributed by atoms with E-state index in [0.29, 0.717) is 34.0 Å². The van der Waals surface area contributed by atoms with E-state index in [1.54, 1.807) is 12.3 Å². The van der Waals surface area contributed by atoms with E-state index in [1.807, 2.05) is 35.8 Å². The van der Waals surface area contributed by atoms with Crippen LogP contribution >= 0.6 is 23.4 Å². The van der Waals surface area contributed by atoms with E-state index in [0.717, 1.165) is 25.0 Å². The molecule has 152 valence electrons. The first-order valence-corrected chi connectivity index (χ1v) is 10.7. The molecule has 1 aromatic carbocycles. The van der Waals surface area contributed by atoms with Gasteiger partial charge in [-0.05, 0) is 49.6 Å². The number of anilines is 1. The number of amides is 1. The van der Waals surface area contributed by atoms with Crippen LogP contribution < -0.4 is 5.32 Å². The van der Waals surface area contributed by atoms with Gasteiger partial charge in [0.15, 0.2) is 10.9 Å². The fraction of sp³-hybridized carbons (Fsp3) is 0.350. The Morgan fingerprint density at radius 2 is 2.24 bits per heavy atom. The van der Waals surface area contributed by atoms with Crippen LogP contribution in [-0.4, -0.2) is 39.1 Å². The molecule has 0 aliphatic carbocycles. The van der Waals surface area contributed by atoms with E-state index in [-0.39, 0.29) is 17.8 Å². The van der Waals surface area contributed by atoms with Gasteiger partial charge in [-0.1, -0.05) is 29.4 Å². The molecule has 1 fully saturated rings. The van der Waals surface area contributed by atoms with Crippen LogP contribution in [0.5, 0.6) is 0 Å². The van der Waals surface area contributed by atoms with Crippen molar-refractivity contribution in [3.05, 3.63) is 47.2 Å². The monoisotopic (exact) mass is 432 g/mol. The summed E-state index contributed by atoms with van der Waals surface area (Å²) in [5.74, 6) is 1.35. The lowest BCUT2D eigenvalue weighted by Gasteiger charge is -2.14. The van der Waals surface area contributed by atoms with Gasteiger partial charge in [0.05, 0.1) is 24.7 Å². The summed E-state index contributed by atoms with van der Waals surface area (Å²) < 4.78 is 13.2. The highest BCUT2D eigenvalue weighted by atomic mass is 35.5. The molecular formula is C20H21ClN4O3S. The smallest absolute Gasteiger partial charge is 0.234 e. The SMILES string of the molecule is Cc1c(Cl)cccc1NC(=O)CSc1nnc(-c2ccco2)n1CC1CCCO1. The minimum Gasteiger partial charge on any atom is -0.461 e. The van der Waals surface area contributed by atoms with Crippen LogP contribution in [0.3, 0.4) is 0 Å². The summed E-state index contributed by atoms with van der Waals surface area (Å²) in [5, 5.41) is 12.7. The normalized spacial score (nSPS) is 16.3. The topological polar surface area (TPSA) is 82.2 Å². The molecule has 1 N–H and O–H groups in total. The van der Waals surface area contributed by atoms with Gasteiger partial charge in [0, 0.05) is 17.3 Å². The van der Waals surface area contributed by atoms with Crippen LogP contribution in [0, 0.1) is 6.92 Å². The first-order chi connectivity index (χ1) is 14.1. The Hall–Kier alpha value is -2.29. The maximum atomic E-state index is 12.5. The van der Waals surface area contributed by atoms with Crippen LogP contribution in [0.25, 0.3) is 11.6 Å². The van der Waals surface area contributed by atoms with Gasteiger partial charge in [0.2, 0.25) is 11.7 Å². The Kier molecular flexibility index (Phi) is 6.22. The van der Waals surface area contributed by atoms with Gasteiger partial charge < -0.3 is 14.5 Å². The van der Waals surface area contributed by atoms with E-state index >= 15 is 0 Å². The van der Waals surface area contributed by atoms with Gasteiger partial charge in [-0.2, -0.15) is 0 Å². The molecular weight excluding hydrogens is 412 g/mol. The minimum absolute atomic E-state index is 0.113. The lowest BCUT2D eigenvalue weighted by Crippen LogP contribution is -2.18.